The summed E-state index contributed by atoms with van der Waals surface area (Å²) in [6, 6.07) is 2.02. The highest BCUT2D eigenvalue weighted by Crippen LogP contribution is 2.31. The van der Waals surface area contributed by atoms with E-state index in [0.717, 1.165) is 5.92 Å². The molecule has 0 aliphatic heterocycles. The molecule has 1 heterocycles. The van der Waals surface area contributed by atoms with Gasteiger partial charge in [0.25, 0.3) is 0 Å². The minimum Gasteiger partial charge on any atom is -0.326 e. The number of thioether (sulfide) groups is 1. The highest BCUT2D eigenvalue weighted by molar-refractivity contribution is 7.99. The van der Waals surface area contributed by atoms with Crippen molar-refractivity contribution in [2.75, 3.05) is 5.75 Å². The summed E-state index contributed by atoms with van der Waals surface area (Å²) in [6.45, 7) is 0.621. The summed E-state index contributed by atoms with van der Waals surface area (Å²) in [7, 11) is 0. The number of nitrogens with two attached hydrogens (primary N) is 1. The Bertz CT molecular complexity index is 308. The molecule has 0 atom stereocenters. The fraction of sp³-hybridized carbons (Fsp3) is 0.583. The largest absolute Gasteiger partial charge is 0.326 e. The van der Waals surface area contributed by atoms with E-state index in [-0.39, 0.29) is 0 Å². The molecule has 1 aliphatic carbocycles. The van der Waals surface area contributed by atoms with Gasteiger partial charge in [-0.2, -0.15) is 0 Å². The third-order valence-corrected chi connectivity index (χ3v) is 4.36. The van der Waals surface area contributed by atoms with E-state index in [1.807, 2.05) is 30.2 Å². The van der Waals surface area contributed by atoms with Crippen molar-refractivity contribution >= 4 is 11.8 Å². The van der Waals surface area contributed by atoms with E-state index in [1.165, 1.54) is 41.9 Å². The molecule has 2 rings (SSSR count). The van der Waals surface area contributed by atoms with Crippen LogP contribution >= 0.6 is 11.8 Å². The molecule has 2 N–H and O–H groups in total. The molecule has 3 heteroatoms. The lowest BCUT2D eigenvalue weighted by Gasteiger charge is -2.10. The summed E-state index contributed by atoms with van der Waals surface area (Å²) in [6.07, 6.45) is 9.42. The molecule has 0 aromatic carbocycles. The van der Waals surface area contributed by atoms with Gasteiger partial charge in [-0.25, -0.2) is 0 Å². The second-order valence-corrected chi connectivity index (χ2v) is 5.21. The van der Waals surface area contributed by atoms with Crippen LogP contribution in [0.2, 0.25) is 0 Å². The Hall–Kier alpha value is -0.540. The average molecular weight is 222 g/mol. The van der Waals surface area contributed by atoms with Crippen LogP contribution in [0.5, 0.6) is 0 Å². The van der Waals surface area contributed by atoms with Gasteiger partial charge in [0.1, 0.15) is 0 Å². The monoisotopic (exact) mass is 222 g/mol. The number of hydrogen-bond donors (Lipinski definition) is 1. The van der Waals surface area contributed by atoms with E-state index >= 15 is 0 Å². The van der Waals surface area contributed by atoms with Gasteiger partial charge in [0.2, 0.25) is 0 Å². The standard InChI is InChI=1S/C12H18N2S/c13-7-11-5-6-14-8-12(11)15-9-10-3-1-2-4-10/h5-6,8,10H,1-4,7,9,13H2. The minimum atomic E-state index is 0.621. The molecule has 0 spiro atoms. The van der Waals surface area contributed by atoms with Crippen LogP contribution in [0.3, 0.4) is 0 Å². The number of hydrogen-bond acceptors (Lipinski definition) is 3. The summed E-state index contributed by atoms with van der Waals surface area (Å²) in [5.41, 5.74) is 6.92. The lowest BCUT2D eigenvalue weighted by atomic mass is 10.1. The fourth-order valence-corrected chi connectivity index (χ4v) is 3.31. The first kappa shape index (κ1) is 11.0. The Kier molecular flexibility index (Phi) is 4.03. The Balaban J connectivity index is 1.91. The SMILES string of the molecule is NCc1ccncc1SCC1CCCC1. The molecule has 0 amide bonds. The molecular formula is C12H18N2S. The molecule has 1 fully saturated rings. The Morgan fingerprint density at radius 3 is 2.93 bits per heavy atom. The Morgan fingerprint density at radius 2 is 2.20 bits per heavy atom. The molecular weight excluding hydrogens is 204 g/mol. The molecule has 15 heavy (non-hydrogen) atoms. The Morgan fingerprint density at radius 1 is 1.40 bits per heavy atom. The van der Waals surface area contributed by atoms with Crippen LogP contribution in [0.25, 0.3) is 0 Å². The van der Waals surface area contributed by atoms with Crippen molar-refractivity contribution in [3.05, 3.63) is 24.0 Å². The van der Waals surface area contributed by atoms with Gasteiger partial charge in [-0.05, 0) is 30.4 Å². The number of aromatic nitrogens is 1. The second-order valence-electron chi connectivity index (χ2n) is 4.15. The molecule has 0 bridgehead atoms. The van der Waals surface area contributed by atoms with Crippen molar-refractivity contribution in [1.29, 1.82) is 0 Å². The van der Waals surface area contributed by atoms with Crippen molar-refractivity contribution in [3.8, 4) is 0 Å². The predicted octanol–water partition coefficient (Wildman–Crippen LogP) is 2.82. The maximum Gasteiger partial charge on any atom is 0.0407 e. The molecule has 82 valence electrons. The molecule has 0 saturated heterocycles. The minimum absolute atomic E-state index is 0.621. The molecule has 1 aliphatic rings. The summed E-state index contributed by atoms with van der Waals surface area (Å²) < 4.78 is 0. The van der Waals surface area contributed by atoms with E-state index < -0.39 is 0 Å². The van der Waals surface area contributed by atoms with Gasteiger partial charge in [-0.1, -0.05) is 12.8 Å². The van der Waals surface area contributed by atoms with Crippen LogP contribution in [-0.4, -0.2) is 10.7 Å². The average Bonchev–Trinajstić information content (AvgIpc) is 2.79. The zero-order valence-corrected chi connectivity index (χ0v) is 9.80. The molecule has 1 aromatic heterocycles. The van der Waals surface area contributed by atoms with Crippen molar-refractivity contribution < 1.29 is 0 Å². The van der Waals surface area contributed by atoms with Gasteiger partial charge < -0.3 is 5.73 Å². The van der Waals surface area contributed by atoms with Gasteiger partial charge in [-0.15, -0.1) is 11.8 Å². The van der Waals surface area contributed by atoms with E-state index in [1.54, 1.807) is 0 Å². The first-order chi connectivity index (χ1) is 7.40. The normalized spacial score (nSPS) is 17.1. The second kappa shape index (κ2) is 5.52. The van der Waals surface area contributed by atoms with Gasteiger partial charge in [0.05, 0.1) is 0 Å². The van der Waals surface area contributed by atoms with Gasteiger partial charge >= 0.3 is 0 Å². The summed E-state index contributed by atoms with van der Waals surface area (Å²) in [5.74, 6) is 2.15. The maximum absolute atomic E-state index is 5.69. The van der Waals surface area contributed by atoms with Crippen LogP contribution < -0.4 is 5.73 Å². The third kappa shape index (κ3) is 2.95. The lowest BCUT2D eigenvalue weighted by Crippen LogP contribution is -2.01. The summed E-state index contributed by atoms with van der Waals surface area (Å²) in [4.78, 5) is 5.43. The Labute approximate surface area is 95.7 Å². The molecule has 0 unspecified atom stereocenters. The highest BCUT2D eigenvalue weighted by atomic mass is 32.2. The van der Waals surface area contributed by atoms with E-state index in [9.17, 15) is 0 Å². The first-order valence-corrected chi connectivity index (χ1v) is 6.64. The first-order valence-electron chi connectivity index (χ1n) is 5.66. The number of rotatable bonds is 4. The maximum atomic E-state index is 5.69. The smallest absolute Gasteiger partial charge is 0.0407 e. The van der Waals surface area contributed by atoms with Crippen molar-refractivity contribution in [1.82, 2.24) is 4.98 Å². The van der Waals surface area contributed by atoms with Gasteiger partial charge in [0, 0.05) is 29.6 Å². The van der Waals surface area contributed by atoms with E-state index in [4.69, 9.17) is 5.73 Å². The molecule has 1 aromatic rings. The topological polar surface area (TPSA) is 38.9 Å². The summed E-state index contributed by atoms with van der Waals surface area (Å²) >= 11 is 1.93. The van der Waals surface area contributed by atoms with Crippen molar-refractivity contribution in [3.63, 3.8) is 0 Å². The number of nitrogens with zero attached hydrogens (tertiary/aromatic N) is 1. The quantitative estimate of drug-likeness (QED) is 0.796. The molecule has 0 radical (unpaired) electrons. The van der Waals surface area contributed by atoms with Gasteiger partial charge in [-0.3, -0.25) is 4.98 Å². The van der Waals surface area contributed by atoms with Crippen LogP contribution in [0.15, 0.2) is 23.4 Å². The van der Waals surface area contributed by atoms with Crippen molar-refractivity contribution in [2.45, 2.75) is 37.1 Å². The zero-order valence-electron chi connectivity index (χ0n) is 8.98. The highest BCUT2D eigenvalue weighted by Gasteiger charge is 2.15. The predicted molar refractivity (Wildman–Crippen MR) is 64.8 cm³/mol. The van der Waals surface area contributed by atoms with Crippen LogP contribution in [0.4, 0.5) is 0 Å². The van der Waals surface area contributed by atoms with E-state index in [0.29, 0.717) is 6.54 Å². The number of pyridine rings is 1. The molecule has 2 nitrogen and oxygen atoms in total. The lowest BCUT2D eigenvalue weighted by molar-refractivity contribution is 0.623. The van der Waals surface area contributed by atoms with Crippen LogP contribution in [0.1, 0.15) is 31.2 Å². The molecule has 1 saturated carbocycles. The third-order valence-electron chi connectivity index (χ3n) is 3.04. The zero-order chi connectivity index (χ0) is 10.5. The van der Waals surface area contributed by atoms with E-state index in [2.05, 4.69) is 4.98 Å². The van der Waals surface area contributed by atoms with Crippen molar-refractivity contribution in [2.24, 2.45) is 11.7 Å². The van der Waals surface area contributed by atoms with Crippen LogP contribution in [-0.2, 0) is 6.54 Å². The van der Waals surface area contributed by atoms with Gasteiger partial charge in [0.15, 0.2) is 0 Å². The van der Waals surface area contributed by atoms with Crippen LogP contribution in [0, 0.1) is 5.92 Å². The fourth-order valence-electron chi connectivity index (χ4n) is 2.09. The summed E-state index contributed by atoms with van der Waals surface area (Å²) in [5, 5.41) is 0.